The third-order valence-corrected chi connectivity index (χ3v) is 2.68. The van der Waals surface area contributed by atoms with Crippen LogP contribution in [0, 0.1) is 10.1 Å². The van der Waals surface area contributed by atoms with Crippen molar-refractivity contribution in [3.8, 4) is 11.3 Å². The molecule has 0 radical (unpaired) electrons. The van der Waals surface area contributed by atoms with E-state index in [0.717, 1.165) is 0 Å². The van der Waals surface area contributed by atoms with Gasteiger partial charge in [0.2, 0.25) is 0 Å². The number of ether oxygens (including phenoxy) is 1. The molecule has 0 unspecified atom stereocenters. The lowest BCUT2D eigenvalue weighted by Gasteiger charge is -2.02. The highest BCUT2D eigenvalue weighted by Crippen LogP contribution is 2.24. The number of hydrogen-bond acceptors (Lipinski definition) is 5. The summed E-state index contributed by atoms with van der Waals surface area (Å²) in [6.45, 7) is 1.99. The molecule has 0 N–H and O–H groups in total. The van der Waals surface area contributed by atoms with Gasteiger partial charge in [-0.3, -0.25) is 14.8 Å². The first-order valence-electron chi connectivity index (χ1n) is 5.98. The molecule has 7 nitrogen and oxygen atoms in total. The van der Waals surface area contributed by atoms with Crippen LogP contribution in [0.3, 0.4) is 0 Å². The number of non-ortho nitro benzene ring substituents is 1. The van der Waals surface area contributed by atoms with Crippen molar-refractivity contribution < 1.29 is 14.5 Å². The lowest BCUT2D eigenvalue weighted by atomic mass is 10.1. The van der Waals surface area contributed by atoms with Gasteiger partial charge in [0, 0.05) is 30.9 Å². The molecule has 1 aromatic carbocycles. The molecule has 0 amide bonds. The fraction of sp³-hybridized carbons (Fsp3) is 0.231. The van der Waals surface area contributed by atoms with Crippen LogP contribution in [0.5, 0.6) is 0 Å². The first kappa shape index (κ1) is 13.7. The number of nitro benzene ring substituents is 1. The molecular formula is C13H13N3O4. The molecule has 104 valence electrons. The van der Waals surface area contributed by atoms with Gasteiger partial charge < -0.3 is 4.74 Å². The topological polar surface area (TPSA) is 87.3 Å². The van der Waals surface area contributed by atoms with Crippen LogP contribution in [0.4, 0.5) is 5.69 Å². The van der Waals surface area contributed by atoms with Gasteiger partial charge in [-0.2, -0.15) is 5.10 Å². The zero-order chi connectivity index (χ0) is 14.7. The number of aromatic nitrogens is 2. The molecule has 0 saturated carbocycles. The second-order valence-electron chi connectivity index (χ2n) is 4.09. The molecule has 7 heteroatoms. The molecule has 1 aromatic heterocycles. The van der Waals surface area contributed by atoms with Gasteiger partial charge in [-0.25, -0.2) is 4.79 Å². The molecule has 20 heavy (non-hydrogen) atoms. The first-order chi connectivity index (χ1) is 9.52. The summed E-state index contributed by atoms with van der Waals surface area (Å²) in [7, 11) is 1.69. The zero-order valence-corrected chi connectivity index (χ0v) is 11.1. The van der Waals surface area contributed by atoms with Crippen molar-refractivity contribution in [1.82, 2.24) is 9.78 Å². The van der Waals surface area contributed by atoms with Gasteiger partial charge in [0.1, 0.15) is 11.3 Å². The highest BCUT2D eigenvalue weighted by molar-refractivity contribution is 5.96. The standard InChI is InChI=1S/C13H13N3O4/c1-3-20-13(17)11-8-15(2)14-12(11)9-4-6-10(7-5-9)16(18)19/h4-8H,3H2,1-2H3. The van der Waals surface area contributed by atoms with Crippen molar-refractivity contribution >= 4 is 11.7 Å². The highest BCUT2D eigenvalue weighted by Gasteiger charge is 2.18. The largest absolute Gasteiger partial charge is 0.462 e. The molecule has 0 saturated heterocycles. The van der Waals surface area contributed by atoms with Crippen molar-refractivity contribution in [3.05, 3.63) is 46.1 Å². The van der Waals surface area contributed by atoms with E-state index in [4.69, 9.17) is 4.74 Å². The Balaban J connectivity index is 2.41. The van der Waals surface area contributed by atoms with Gasteiger partial charge in [-0.05, 0) is 19.1 Å². The lowest BCUT2D eigenvalue weighted by molar-refractivity contribution is -0.384. The van der Waals surface area contributed by atoms with Crippen LogP contribution in [0.2, 0.25) is 0 Å². The second-order valence-corrected chi connectivity index (χ2v) is 4.09. The Morgan fingerprint density at radius 1 is 1.40 bits per heavy atom. The number of carbonyl (C=O) groups excluding carboxylic acids is 1. The van der Waals surface area contributed by atoms with Gasteiger partial charge >= 0.3 is 5.97 Å². The molecule has 2 rings (SSSR count). The average molecular weight is 275 g/mol. The van der Waals surface area contributed by atoms with E-state index in [2.05, 4.69) is 5.10 Å². The summed E-state index contributed by atoms with van der Waals surface area (Å²) in [5.74, 6) is -0.464. The maximum atomic E-state index is 11.8. The molecule has 0 spiro atoms. The number of rotatable bonds is 4. The van der Waals surface area contributed by atoms with Gasteiger partial charge in [-0.1, -0.05) is 0 Å². The minimum Gasteiger partial charge on any atom is -0.462 e. The quantitative estimate of drug-likeness (QED) is 0.485. The van der Waals surface area contributed by atoms with Crippen molar-refractivity contribution in [2.24, 2.45) is 7.05 Å². The number of carbonyl (C=O) groups is 1. The molecule has 0 aliphatic heterocycles. The van der Waals surface area contributed by atoms with Crippen molar-refractivity contribution in [2.75, 3.05) is 6.61 Å². The lowest BCUT2D eigenvalue weighted by Crippen LogP contribution is -2.05. The maximum absolute atomic E-state index is 11.8. The average Bonchev–Trinajstić information content (AvgIpc) is 2.81. The monoisotopic (exact) mass is 275 g/mol. The number of hydrogen-bond donors (Lipinski definition) is 0. The van der Waals surface area contributed by atoms with Crippen molar-refractivity contribution in [3.63, 3.8) is 0 Å². The van der Waals surface area contributed by atoms with Crippen molar-refractivity contribution in [2.45, 2.75) is 6.92 Å². The summed E-state index contributed by atoms with van der Waals surface area (Å²) in [5, 5.41) is 14.8. The normalized spacial score (nSPS) is 10.3. The summed E-state index contributed by atoms with van der Waals surface area (Å²) in [6, 6.07) is 5.87. The molecule has 0 aliphatic carbocycles. The number of aryl methyl sites for hydroxylation is 1. The molecule has 2 aromatic rings. The second kappa shape index (κ2) is 5.52. The van der Waals surface area contributed by atoms with Crippen LogP contribution in [-0.4, -0.2) is 27.3 Å². The van der Waals surface area contributed by atoms with E-state index < -0.39 is 10.9 Å². The van der Waals surface area contributed by atoms with Gasteiger partial charge in [0.15, 0.2) is 0 Å². The van der Waals surface area contributed by atoms with E-state index in [0.29, 0.717) is 16.8 Å². The van der Waals surface area contributed by atoms with E-state index in [9.17, 15) is 14.9 Å². The van der Waals surface area contributed by atoms with E-state index in [1.54, 1.807) is 32.3 Å². The third-order valence-electron chi connectivity index (χ3n) is 2.68. The molecule has 0 bridgehead atoms. The Labute approximate surface area is 114 Å². The van der Waals surface area contributed by atoms with E-state index in [-0.39, 0.29) is 12.3 Å². The van der Waals surface area contributed by atoms with E-state index >= 15 is 0 Å². The third kappa shape index (κ3) is 2.66. The van der Waals surface area contributed by atoms with Crippen LogP contribution in [0.1, 0.15) is 17.3 Å². The summed E-state index contributed by atoms with van der Waals surface area (Å²) >= 11 is 0. The first-order valence-corrected chi connectivity index (χ1v) is 5.98. The number of benzene rings is 1. The Bertz CT molecular complexity index is 646. The number of nitro groups is 1. The van der Waals surface area contributed by atoms with Gasteiger partial charge in [0.25, 0.3) is 5.69 Å². The Morgan fingerprint density at radius 2 is 2.05 bits per heavy atom. The van der Waals surface area contributed by atoms with Crippen molar-refractivity contribution in [1.29, 1.82) is 0 Å². The minimum absolute atomic E-state index is 0.0117. The van der Waals surface area contributed by atoms with E-state index in [1.165, 1.54) is 16.8 Å². The number of esters is 1. The molecule has 0 atom stereocenters. The Hall–Kier alpha value is -2.70. The minimum atomic E-state index is -0.478. The summed E-state index contributed by atoms with van der Waals surface area (Å²) in [5.41, 5.74) is 1.39. The van der Waals surface area contributed by atoms with Crippen LogP contribution < -0.4 is 0 Å². The Morgan fingerprint density at radius 3 is 2.60 bits per heavy atom. The predicted octanol–water partition coefficient (Wildman–Crippen LogP) is 2.17. The van der Waals surface area contributed by atoms with Gasteiger partial charge in [0.05, 0.1) is 11.5 Å². The molecule has 1 heterocycles. The SMILES string of the molecule is CCOC(=O)c1cn(C)nc1-c1ccc([N+](=O)[O-])cc1. The predicted molar refractivity (Wildman–Crippen MR) is 71.3 cm³/mol. The summed E-state index contributed by atoms with van der Waals surface area (Å²) in [6.07, 6.45) is 1.56. The Kier molecular flexibility index (Phi) is 3.79. The van der Waals surface area contributed by atoms with Crippen LogP contribution in [0.15, 0.2) is 30.5 Å². The van der Waals surface area contributed by atoms with Crippen LogP contribution in [0.25, 0.3) is 11.3 Å². The highest BCUT2D eigenvalue weighted by atomic mass is 16.6. The van der Waals surface area contributed by atoms with E-state index in [1.807, 2.05) is 0 Å². The molecule has 0 fully saturated rings. The van der Waals surface area contributed by atoms with Gasteiger partial charge in [-0.15, -0.1) is 0 Å². The van der Waals surface area contributed by atoms with Crippen LogP contribution >= 0.6 is 0 Å². The smallest absolute Gasteiger partial charge is 0.341 e. The fourth-order valence-electron chi connectivity index (χ4n) is 1.80. The molecular weight excluding hydrogens is 262 g/mol. The van der Waals surface area contributed by atoms with Crippen LogP contribution in [-0.2, 0) is 11.8 Å². The molecule has 0 aliphatic rings. The number of nitrogens with zero attached hydrogens (tertiary/aromatic N) is 3. The summed E-state index contributed by atoms with van der Waals surface area (Å²) in [4.78, 5) is 22.0. The fourth-order valence-corrected chi connectivity index (χ4v) is 1.80. The summed E-state index contributed by atoms with van der Waals surface area (Å²) < 4.78 is 6.47. The maximum Gasteiger partial charge on any atom is 0.341 e. The zero-order valence-electron chi connectivity index (χ0n) is 11.1.